The highest BCUT2D eigenvalue weighted by atomic mass is 35.5. The van der Waals surface area contributed by atoms with E-state index in [1.54, 1.807) is 0 Å². The van der Waals surface area contributed by atoms with Crippen molar-refractivity contribution in [1.29, 1.82) is 0 Å². The maximum atomic E-state index is 11.4. The molecule has 0 unspecified atom stereocenters. The summed E-state index contributed by atoms with van der Waals surface area (Å²) in [6.45, 7) is 5.92. The number of halogens is 1. The van der Waals surface area contributed by atoms with Gasteiger partial charge in [-0.3, -0.25) is 10.1 Å². The van der Waals surface area contributed by atoms with Gasteiger partial charge in [-0.2, -0.15) is 0 Å². The first-order valence-corrected chi connectivity index (χ1v) is 5.68. The van der Waals surface area contributed by atoms with Crippen molar-refractivity contribution in [2.24, 2.45) is 0 Å². The highest BCUT2D eigenvalue weighted by Gasteiger charge is 2.22. The number of hydrogen-bond donors (Lipinski definition) is 2. The van der Waals surface area contributed by atoms with Gasteiger partial charge in [-0.05, 0) is 19.8 Å². The third kappa shape index (κ3) is 5.62. The van der Waals surface area contributed by atoms with Crippen LogP contribution in [0, 0.1) is 0 Å². The minimum atomic E-state index is -0.448. The number of imide groups is 1. The quantitative estimate of drug-likeness (QED) is 0.715. The van der Waals surface area contributed by atoms with E-state index in [0.29, 0.717) is 0 Å². The molecule has 3 amide bonds. The molecular formula is C10H19ClN2O2. The largest absolute Gasteiger partial charge is 0.333 e. The van der Waals surface area contributed by atoms with Crippen molar-refractivity contribution in [1.82, 2.24) is 10.6 Å². The molecule has 4 nitrogen and oxygen atoms in total. The molecule has 0 saturated heterocycles. The molecule has 0 spiro atoms. The lowest BCUT2D eigenvalue weighted by Crippen LogP contribution is -2.50. The second-order valence-corrected chi connectivity index (χ2v) is 4.09. The molecule has 0 saturated carbocycles. The summed E-state index contributed by atoms with van der Waals surface area (Å²) in [5.41, 5.74) is -0.259. The first-order chi connectivity index (χ1) is 6.97. The molecule has 88 valence electrons. The lowest BCUT2D eigenvalue weighted by atomic mass is 9.96. The van der Waals surface area contributed by atoms with E-state index in [4.69, 9.17) is 11.6 Å². The second kappa shape index (κ2) is 6.67. The average Bonchev–Trinajstić information content (AvgIpc) is 2.17. The number of urea groups is 1. The zero-order chi connectivity index (χ0) is 11.9. The molecule has 2 N–H and O–H groups in total. The lowest BCUT2D eigenvalue weighted by Gasteiger charge is -2.27. The second-order valence-electron chi connectivity index (χ2n) is 3.71. The van der Waals surface area contributed by atoms with Gasteiger partial charge in [0.25, 0.3) is 0 Å². The van der Waals surface area contributed by atoms with E-state index >= 15 is 0 Å². The third-order valence-corrected chi connectivity index (χ3v) is 2.74. The van der Waals surface area contributed by atoms with Crippen LogP contribution in [0.15, 0.2) is 0 Å². The summed E-state index contributed by atoms with van der Waals surface area (Å²) in [6.07, 6.45) is 1.80. The summed E-state index contributed by atoms with van der Waals surface area (Å²) in [5, 5.41) is 5.00. The topological polar surface area (TPSA) is 58.2 Å². The Balaban J connectivity index is 4.07. The van der Waals surface area contributed by atoms with Crippen LogP contribution in [0.4, 0.5) is 4.79 Å². The van der Waals surface area contributed by atoms with E-state index < -0.39 is 6.03 Å². The maximum Gasteiger partial charge on any atom is 0.321 e. The van der Waals surface area contributed by atoms with Crippen molar-refractivity contribution in [3.8, 4) is 0 Å². The molecule has 0 fully saturated rings. The summed E-state index contributed by atoms with van der Waals surface area (Å²) >= 11 is 5.37. The van der Waals surface area contributed by atoms with Gasteiger partial charge in [-0.1, -0.05) is 13.8 Å². The van der Waals surface area contributed by atoms with Gasteiger partial charge in [0, 0.05) is 17.8 Å². The number of carbonyl (C=O) groups is 2. The molecule has 15 heavy (non-hydrogen) atoms. The van der Waals surface area contributed by atoms with E-state index in [1.165, 1.54) is 0 Å². The normalized spacial score (nSPS) is 10.9. The fourth-order valence-corrected chi connectivity index (χ4v) is 1.18. The number of carbonyl (C=O) groups excluding carboxylic acids is 2. The number of alkyl halides is 1. The maximum absolute atomic E-state index is 11.4. The van der Waals surface area contributed by atoms with Crippen molar-refractivity contribution < 1.29 is 9.59 Å². The van der Waals surface area contributed by atoms with Gasteiger partial charge in [0.2, 0.25) is 5.91 Å². The lowest BCUT2D eigenvalue weighted by molar-refractivity contribution is -0.119. The average molecular weight is 235 g/mol. The van der Waals surface area contributed by atoms with Crippen LogP contribution < -0.4 is 10.6 Å². The van der Waals surface area contributed by atoms with E-state index in [2.05, 4.69) is 10.6 Å². The van der Waals surface area contributed by atoms with Crippen LogP contribution in [0.2, 0.25) is 0 Å². The zero-order valence-electron chi connectivity index (χ0n) is 9.52. The van der Waals surface area contributed by atoms with E-state index in [9.17, 15) is 9.59 Å². The van der Waals surface area contributed by atoms with Gasteiger partial charge < -0.3 is 5.32 Å². The number of rotatable bonds is 5. The molecule has 0 heterocycles. The monoisotopic (exact) mass is 234 g/mol. The van der Waals surface area contributed by atoms with Crippen LogP contribution in [-0.2, 0) is 4.79 Å². The molecule has 0 aliphatic heterocycles. The molecule has 0 aromatic rings. The van der Waals surface area contributed by atoms with Crippen LogP contribution in [0.5, 0.6) is 0 Å². The molecule has 0 aliphatic carbocycles. The molecule has 0 aromatic heterocycles. The highest BCUT2D eigenvalue weighted by Crippen LogP contribution is 2.12. The van der Waals surface area contributed by atoms with E-state index in [0.717, 1.165) is 12.8 Å². The fraction of sp³-hybridized carbons (Fsp3) is 0.800. The molecule has 0 aromatic carbocycles. The highest BCUT2D eigenvalue weighted by molar-refractivity contribution is 6.19. The Bertz CT molecular complexity index is 227. The molecule has 0 bridgehead atoms. The van der Waals surface area contributed by atoms with Crippen molar-refractivity contribution in [2.45, 2.75) is 45.6 Å². The third-order valence-electron chi connectivity index (χ3n) is 2.55. The fourth-order valence-electron chi connectivity index (χ4n) is 1.01. The smallest absolute Gasteiger partial charge is 0.321 e. The Morgan fingerprint density at radius 1 is 1.27 bits per heavy atom. The number of amides is 3. The van der Waals surface area contributed by atoms with Crippen LogP contribution in [-0.4, -0.2) is 23.4 Å². The summed E-state index contributed by atoms with van der Waals surface area (Å²) in [6, 6.07) is -0.448. The van der Waals surface area contributed by atoms with Gasteiger partial charge in [-0.25, -0.2) is 4.79 Å². The van der Waals surface area contributed by atoms with E-state index in [-0.39, 0.29) is 23.7 Å². The van der Waals surface area contributed by atoms with Crippen LogP contribution in [0.25, 0.3) is 0 Å². The van der Waals surface area contributed by atoms with E-state index in [1.807, 2.05) is 20.8 Å². The van der Waals surface area contributed by atoms with Crippen molar-refractivity contribution in [2.75, 3.05) is 5.88 Å². The van der Waals surface area contributed by atoms with Gasteiger partial charge in [-0.15, -0.1) is 11.6 Å². The van der Waals surface area contributed by atoms with Crippen molar-refractivity contribution >= 4 is 23.5 Å². The molecule has 0 radical (unpaired) electrons. The predicted molar refractivity (Wildman–Crippen MR) is 61.0 cm³/mol. The molecule has 0 atom stereocenters. The number of nitrogens with one attached hydrogen (secondary N) is 2. The summed E-state index contributed by atoms with van der Waals surface area (Å²) < 4.78 is 0. The summed E-state index contributed by atoms with van der Waals surface area (Å²) in [5.74, 6) is -0.130. The number of hydrogen-bond acceptors (Lipinski definition) is 2. The van der Waals surface area contributed by atoms with Crippen LogP contribution >= 0.6 is 11.6 Å². The van der Waals surface area contributed by atoms with Gasteiger partial charge in [0.1, 0.15) is 0 Å². The van der Waals surface area contributed by atoms with Crippen LogP contribution in [0.3, 0.4) is 0 Å². The Morgan fingerprint density at radius 3 is 2.20 bits per heavy atom. The minimum absolute atomic E-state index is 0.157. The minimum Gasteiger partial charge on any atom is -0.333 e. The molecular weight excluding hydrogens is 216 g/mol. The SMILES string of the molecule is CCC(C)(CC)NC(=O)NC(=O)CCCl. The van der Waals surface area contributed by atoms with Gasteiger partial charge >= 0.3 is 6.03 Å². The van der Waals surface area contributed by atoms with Crippen molar-refractivity contribution in [3.05, 3.63) is 0 Å². The van der Waals surface area contributed by atoms with Gasteiger partial charge in [0.05, 0.1) is 0 Å². The Kier molecular flexibility index (Phi) is 6.32. The zero-order valence-corrected chi connectivity index (χ0v) is 10.3. The Labute approximate surface area is 95.7 Å². The Hall–Kier alpha value is -0.770. The Morgan fingerprint density at radius 2 is 1.80 bits per heavy atom. The molecule has 5 heteroatoms. The first kappa shape index (κ1) is 14.2. The summed E-state index contributed by atoms with van der Waals surface area (Å²) in [7, 11) is 0. The van der Waals surface area contributed by atoms with Crippen molar-refractivity contribution in [3.63, 3.8) is 0 Å². The van der Waals surface area contributed by atoms with Gasteiger partial charge in [0.15, 0.2) is 0 Å². The predicted octanol–water partition coefficient (Wildman–Crippen LogP) is 2.02. The standard InChI is InChI=1S/C10H19ClN2O2/c1-4-10(3,5-2)13-9(15)12-8(14)6-7-11/h4-7H2,1-3H3,(H2,12,13,14,15). The van der Waals surface area contributed by atoms with Crippen LogP contribution in [0.1, 0.15) is 40.0 Å². The molecule has 0 rings (SSSR count). The molecule has 0 aliphatic rings. The first-order valence-electron chi connectivity index (χ1n) is 5.15. The summed E-state index contributed by atoms with van der Waals surface area (Å²) in [4.78, 5) is 22.4.